The van der Waals surface area contributed by atoms with E-state index in [4.69, 9.17) is 4.74 Å². The van der Waals surface area contributed by atoms with Crippen molar-refractivity contribution in [3.63, 3.8) is 0 Å². The molecule has 2 aromatic carbocycles. The van der Waals surface area contributed by atoms with Crippen LogP contribution in [0.3, 0.4) is 0 Å². The van der Waals surface area contributed by atoms with Gasteiger partial charge in [-0.3, -0.25) is 9.69 Å². The number of piperazine rings is 1. The van der Waals surface area contributed by atoms with Crippen LogP contribution in [0.4, 0.5) is 0 Å². The number of amides is 1. The maximum atomic E-state index is 13.5. The number of fused-ring (bicyclic) bond motifs is 2. The number of carbonyl (C=O) groups excluding carboxylic acids is 2. The van der Waals surface area contributed by atoms with Crippen molar-refractivity contribution in [2.45, 2.75) is 45.1 Å². The number of benzene rings is 2. The van der Waals surface area contributed by atoms with E-state index in [-0.39, 0.29) is 17.8 Å². The van der Waals surface area contributed by atoms with Crippen molar-refractivity contribution < 1.29 is 14.3 Å². The van der Waals surface area contributed by atoms with Gasteiger partial charge in [0.05, 0.1) is 17.2 Å². The van der Waals surface area contributed by atoms with Crippen LogP contribution in [-0.4, -0.2) is 74.6 Å². The second kappa shape index (κ2) is 9.46. The molecule has 2 aliphatic heterocycles. The maximum absolute atomic E-state index is 13.5. The molecule has 0 saturated carbocycles. The zero-order valence-corrected chi connectivity index (χ0v) is 20.5. The summed E-state index contributed by atoms with van der Waals surface area (Å²) in [6.07, 6.45) is 5.42. The van der Waals surface area contributed by atoms with E-state index in [0.29, 0.717) is 12.2 Å². The number of nitrogens with zero attached hydrogens (tertiary/aromatic N) is 6. The third kappa shape index (κ3) is 4.17. The van der Waals surface area contributed by atoms with Gasteiger partial charge in [0.15, 0.2) is 0 Å². The lowest BCUT2D eigenvalue weighted by Gasteiger charge is -2.37. The highest BCUT2D eigenvalue weighted by atomic mass is 16.5. The minimum absolute atomic E-state index is 0.0674. The van der Waals surface area contributed by atoms with E-state index in [1.165, 1.54) is 16.7 Å². The summed E-state index contributed by atoms with van der Waals surface area (Å²) in [6, 6.07) is 10.2. The second-order valence-corrected chi connectivity index (χ2v) is 9.95. The number of aryl methyl sites for hydroxylation is 1. The summed E-state index contributed by atoms with van der Waals surface area (Å²) in [5.74, 6) is -0.0268. The molecule has 186 valence electrons. The predicted octanol–water partition coefficient (Wildman–Crippen LogP) is 2.45. The zero-order valence-electron chi connectivity index (χ0n) is 20.5. The van der Waals surface area contributed by atoms with Crippen LogP contribution in [0.2, 0.25) is 0 Å². The molecule has 9 nitrogen and oxygen atoms in total. The highest BCUT2D eigenvalue weighted by molar-refractivity contribution is 5.94. The number of tetrazole rings is 1. The average Bonchev–Trinajstić information content (AvgIpc) is 3.58. The summed E-state index contributed by atoms with van der Waals surface area (Å²) < 4.78 is 6.84. The normalized spacial score (nSPS) is 19.6. The molecule has 1 saturated heterocycles. The second-order valence-electron chi connectivity index (χ2n) is 9.95. The Morgan fingerprint density at radius 2 is 2.00 bits per heavy atom. The van der Waals surface area contributed by atoms with E-state index in [0.717, 1.165) is 75.2 Å². The van der Waals surface area contributed by atoms with Crippen molar-refractivity contribution in [1.29, 1.82) is 0 Å². The van der Waals surface area contributed by atoms with Gasteiger partial charge in [0, 0.05) is 38.3 Å². The van der Waals surface area contributed by atoms with Gasteiger partial charge in [-0.05, 0) is 83.5 Å². The van der Waals surface area contributed by atoms with Crippen LogP contribution in [0.5, 0.6) is 0 Å². The van der Waals surface area contributed by atoms with Gasteiger partial charge in [0.2, 0.25) is 5.91 Å². The third-order valence-electron chi connectivity index (χ3n) is 8.01. The quantitative estimate of drug-likeness (QED) is 0.512. The Bertz CT molecular complexity index is 1300. The smallest absolute Gasteiger partial charge is 0.338 e. The number of cyclic esters (lactones) is 1. The Labute approximate surface area is 210 Å². The highest BCUT2D eigenvalue weighted by Crippen LogP contribution is 2.34. The first-order valence-electron chi connectivity index (χ1n) is 12.7. The van der Waals surface area contributed by atoms with Gasteiger partial charge in [0.25, 0.3) is 0 Å². The van der Waals surface area contributed by atoms with E-state index in [1.807, 2.05) is 12.1 Å². The summed E-state index contributed by atoms with van der Waals surface area (Å²) in [4.78, 5) is 29.8. The van der Waals surface area contributed by atoms with Crippen LogP contribution in [0.1, 0.15) is 56.9 Å². The topological polar surface area (TPSA) is 93.5 Å². The Morgan fingerprint density at radius 3 is 2.81 bits per heavy atom. The van der Waals surface area contributed by atoms with Crippen molar-refractivity contribution in [2.24, 2.45) is 0 Å². The first-order valence-corrected chi connectivity index (χ1v) is 12.7. The average molecular weight is 487 g/mol. The number of rotatable bonds is 5. The van der Waals surface area contributed by atoms with Gasteiger partial charge in [-0.25, -0.2) is 9.48 Å². The Kier molecular flexibility index (Phi) is 6.00. The predicted molar refractivity (Wildman–Crippen MR) is 132 cm³/mol. The van der Waals surface area contributed by atoms with Gasteiger partial charge < -0.3 is 9.64 Å². The van der Waals surface area contributed by atoms with Crippen molar-refractivity contribution in [1.82, 2.24) is 30.0 Å². The van der Waals surface area contributed by atoms with E-state index >= 15 is 0 Å². The van der Waals surface area contributed by atoms with E-state index in [2.05, 4.69) is 50.4 Å². The Morgan fingerprint density at radius 1 is 1.14 bits per heavy atom. The lowest BCUT2D eigenvalue weighted by atomic mass is 9.81. The molecule has 0 bridgehead atoms. The van der Waals surface area contributed by atoms with Crippen molar-refractivity contribution in [3.05, 3.63) is 70.0 Å². The summed E-state index contributed by atoms with van der Waals surface area (Å²) in [6.45, 7) is 6.71. The molecular weight excluding hydrogens is 456 g/mol. The molecule has 3 aliphatic rings. The molecule has 0 N–H and O–H groups in total. The maximum Gasteiger partial charge on any atom is 0.338 e. The number of hydrogen-bond acceptors (Lipinski definition) is 7. The van der Waals surface area contributed by atoms with Gasteiger partial charge >= 0.3 is 5.97 Å². The van der Waals surface area contributed by atoms with Gasteiger partial charge in [-0.2, -0.15) is 0 Å². The van der Waals surface area contributed by atoms with E-state index < -0.39 is 0 Å². The summed E-state index contributed by atoms with van der Waals surface area (Å²) in [7, 11) is 0. The highest BCUT2D eigenvalue weighted by Gasteiger charge is 2.32. The molecule has 1 fully saturated rings. The first-order chi connectivity index (χ1) is 17.6. The van der Waals surface area contributed by atoms with Crippen molar-refractivity contribution >= 4 is 11.9 Å². The molecular formula is C27H30N6O3. The lowest BCUT2D eigenvalue weighted by molar-refractivity contribution is -0.135. The monoisotopic (exact) mass is 486 g/mol. The minimum Gasteiger partial charge on any atom is -0.457 e. The molecule has 1 atom stereocenters. The number of hydrogen-bond donors (Lipinski definition) is 0. The standard InChI is InChI=1S/C27H30N6O3/c1-18-19(5-7-24-25(18)16-36-27(24)35)9-10-31-11-13-32(14-12-31)26(34)23-4-2-3-20-15-21(6-8-22(20)23)33-17-28-29-30-33/h5-8,15,17,23H,2-4,9-14,16H2,1H3. The number of aromatic nitrogens is 4. The molecule has 1 aromatic heterocycles. The number of ether oxygens (including phenoxy) is 1. The first kappa shape index (κ1) is 22.8. The molecule has 3 aromatic rings. The Balaban J connectivity index is 1.06. The van der Waals surface area contributed by atoms with Crippen LogP contribution in [-0.2, 0) is 29.0 Å². The molecule has 0 spiro atoms. The molecule has 3 heterocycles. The lowest BCUT2D eigenvalue weighted by Crippen LogP contribution is -2.50. The Hall–Kier alpha value is -3.59. The van der Waals surface area contributed by atoms with Crippen LogP contribution in [0, 0.1) is 6.92 Å². The van der Waals surface area contributed by atoms with Gasteiger partial charge in [-0.1, -0.05) is 12.1 Å². The SMILES string of the molecule is Cc1c(CCN2CCN(C(=O)C3CCCc4cc(-n5cnnn5)ccc43)CC2)ccc2c1COC2=O. The molecule has 9 heteroatoms. The molecule has 1 unspecified atom stereocenters. The molecule has 1 aliphatic carbocycles. The van der Waals surface area contributed by atoms with Crippen molar-refractivity contribution in [3.8, 4) is 5.69 Å². The fraction of sp³-hybridized carbons (Fsp3) is 0.444. The summed E-state index contributed by atoms with van der Waals surface area (Å²) in [5.41, 5.74) is 7.49. The van der Waals surface area contributed by atoms with E-state index in [9.17, 15) is 9.59 Å². The molecule has 1 amide bonds. The number of carbonyl (C=O) groups is 2. The molecule has 0 radical (unpaired) electrons. The zero-order chi connectivity index (χ0) is 24.6. The molecule has 36 heavy (non-hydrogen) atoms. The minimum atomic E-state index is -0.214. The fourth-order valence-corrected chi connectivity index (χ4v) is 5.84. The van der Waals surface area contributed by atoms with E-state index in [1.54, 1.807) is 11.0 Å². The van der Waals surface area contributed by atoms with Gasteiger partial charge in [-0.15, -0.1) is 5.10 Å². The van der Waals surface area contributed by atoms with Crippen molar-refractivity contribution in [2.75, 3.05) is 32.7 Å². The van der Waals surface area contributed by atoms with Gasteiger partial charge in [0.1, 0.15) is 12.9 Å². The summed E-state index contributed by atoms with van der Waals surface area (Å²) in [5, 5.41) is 11.4. The van der Waals surface area contributed by atoms with Crippen LogP contribution in [0.15, 0.2) is 36.7 Å². The fourth-order valence-electron chi connectivity index (χ4n) is 5.84. The van der Waals surface area contributed by atoms with Crippen LogP contribution >= 0.6 is 0 Å². The number of esters is 1. The third-order valence-corrected chi connectivity index (χ3v) is 8.01. The van der Waals surface area contributed by atoms with Crippen LogP contribution < -0.4 is 0 Å². The summed E-state index contributed by atoms with van der Waals surface area (Å²) >= 11 is 0. The molecule has 6 rings (SSSR count). The van der Waals surface area contributed by atoms with Crippen LogP contribution in [0.25, 0.3) is 5.69 Å². The largest absolute Gasteiger partial charge is 0.457 e.